The van der Waals surface area contributed by atoms with Crippen LogP contribution in [0.1, 0.15) is 11.5 Å². The zero-order chi connectivity index (χ0) is 15.8. The molecule has 7 heteroatoms. The van der Waals surface area contributed by atoms with Crippen molar-refractivity contribution in [3.63, 3.8) is 0 Å². The van der Waals surface area contributed by atoms with Crippen molar-refractivity contribution in [3.05, 3.63) is 54.6 Å². The third-order valence-electron chi connectivity index (χ3n) is 3.93. The number of imidazole rings is 1. The van der Waals surface area contributed by atoms with E-state index in [2.05, 4.69) is 15.4 Å². The van der Waals surface area contributed by atoms with Crippen LogP contribution in [-0.4, -0.2) is 24.1 Å². The molecule has 4 aromatic rings. The van der Waals surface area contributed by atoms with Gasteiger partial charge in [-0.15, -0.1) is 0 Å². The predicted molar refractivity (Wildman–Crippen MR) is 86.0 cm³/mol. The van der Waals surface area contributed by atoms with Crippen molar-refractivity contribution in [1.82, 2.24) is 24.1 Å². The molecule has 0 aliphatic rings. The highest BCUT2D eigenvalue weighted by atomic mass is 16.3. The highest BCUT2D eigenvalue weighted by molar-refractivity contribution is 5.77. The molecule has 1 N–H and O–H groups in total. The molecule has 0 saturated carbocycles. The Labute approximate surface area is 132 Å². The minimum Gasteiger partial charge on any atom is -0.467 e. The molecule has 116 valence electrons. The number of aryl methyl sites for hydroxylation is 1. The Balaban J connectivity index is 1.82. The molecule has 4 rings (SSSR count). The van der Waals surface area contributed by atoms with Crippen LogP contribution >= 0.6 is 0 Å². The Morgan fingerprint density at radius 3 is 2.96 bits per heavy atom. The van der Waals surface area contributed by atoms with Gasteiger partial charge in [-0.25, -0.2) is 4.98 Å². The quantitative estimate of drug-likeness (QED) is 0.627. The van der Waals surface area contributed by atoms with E-state index in [-0.39, 0.29) is 0 Å². The van der Waals surface area contributed by atoms with E-state index in [9.17, 15) is 0 Å². The molecule has 0 fully saturated rings. The Kier molecular flexibility index (Phi) is 3.11. The molecule has 0 radical (unpaired) electrons. The number of anilines is 1. The van der Waals surface area contributed by atoms with E-state index in [1.54, 1.807) is 18.7 Å². The van der Waals surface area contributed by atoms with E-state index in [1.165, 1.54) is 0 Å². The molecule has 0 spiro atoms. The summed E-state index contributed by atoms with van der Waals surface area (Å²) in [5, 5.41) is 7.73. The molecule has 4 heterocycles. The maximum absolute atomic E-state index is 5.40. The number of nitrogens with one attached hydrogen (secondary N) is 1. The molecule has 0 unspecified atom stereocenters. The third kappa shape index (κ3) is 2.26. The summed E-state index contributed by atoms with van der Waals surface area (Å²) in [5.74, 6) is 1.76. The van der Waals surface area contributed by atoms with Gasteiger partial charge < -0.3 is 9.73 Å². The van der Waals surface area contributed by atoms with Gasteiger partial charge in [-0.2, -0.15) is 5.10 Å². The lowest BCUT2D eigenvalue weighted by molar-refractivity contribution is 0.518. The van der Waals surface area contributed by atoms with Crippen molar-refractivity contribution >= 4 is 11.5 Å². The minimum atomic E-state index is 0.579. The van der Waals surface area contributed by atoms with Crippen molar-refractivity contribution in [1.29, 1.82) is 0 Å². The lowest BCUT2D eigenvalue weighted by atomic mass is 10.2. The first kappa shape index (κ1) is 13.6. The fourth-order valence-corrected chi connectivity index (χ4v) is 2.58. The molecular formula is C16H16N6O. The molecule has 0 bridgehead atoms. The van der Waals surface area contributed by atoms with E-state index < -0.39 is 0 Å². The van der Waals surface area contributed by atoms with Crippen molar-refractivity contribution in [2.45, 2.75) is 13.5 Å². The van der Waals surface area contributed by atoms with E-state index in [0.29, 0.717) is 6.54 Å². The number of nitrogens with zero attached hydrogens (tertiary/aromatic N) is 5. The van der Waals surface area contributed by atoms with E-state index in [0.717, 1.165) is 34.2 Å². The van der Waals surface area contributed by atoms with Crippen LogP contribution < -0.4 is 5.32 Å². The maximum atomic E-state index is 5.40. The average Bonchev–Trinajstić information content (AvgIpc) is 3.26. The van der Waals surface area contributed by atoms with Crippen molar-refractivity contribution in [2.24, 2.45) is 7.05 Å². The zero-order valence-electron chi connectivity index (χ0n) is 12.9. The summed E-state index contributed by atoms with van der Waals surface area (Å²) >= 11 is 0. The van der Waals surface area contributed by atoms with Gasteiger partial charge in [-0.3, -0.25) is 14.1 Å². The highest BCUT2D eigenvalue weighted by Gasteiger charge is 2.18. The van der Waals surface area contributed by atoms with Gasteiger partial charge >= 0.3 is 0 Å². The van der Waals surface area contributed by atoms with E-state index in [1.807, 2.05) is 47.6 Å². The topological polar surface area (TPSA) is 73.2 Å². The normalized spacial score (nSPS) is 11.2. The maximum Gasteiger partial charge on any atom is 0.157 e. The molecule has 0 amide bonds. The van der Waals surface area contributed by atoms with Gasteiger partial charge in [-0.1, -0.05) is 0 Å². The second-order valence-corrected chi connectivity index (χ2v) is 5.31. The summed E-state index contributed by atoms with van der Waals surface area (Å²) in [7, 11) is 1.92. The lowest BCUT2D eigenvalue weighted by Gasteiger charge is -2.07. The van der Waals surface area contributed by atoms with Crippen LogP contribution in [0.5, 0.6) is 0 Å². The standard InChI is InChI=1S/C16H16N6O/c1-11-13(9-19-21(11)2)15-16(18-8-12-4-3-7-23-12)22-6-5-17-10-14(22)20-15/h3-7,9-10,18H,8H2,1-2H3. The second-order valence-electron chi connectivity index (χ2n) is 5.31. The number of hydrogen-bond acceptors (Lipinski definition) is 5. The molecule has 0 saturated heterocycles. The van der Waals surface area contributed by atoms with Gasteiger partial charge in [0, 0.05) is 30.7 Å². The fourth-order valence-electron chi connectivity index (χ4n) is 2.58. The van der Waals surface area contributed by atoms with Crippen LogP contribution in [0.4, 0.5) is 5.82 Å². The van der Waals surface area contributed by atoms with Crippen LogP contribution in [0.2, 0.25) is 0 Å². The zero-order valence-corrected chi connectivity index (χ0v) is 12.9. The Bertz CT molecular complexity index is 950. The first-order valence-electron chi connectivity index (χ1n) is 7.31. The van der Waals surface area contributed by atoms with Crippen LogP contribution in [-0.2, 0) is 13.6 Å². The number of fused-ring (bicyclic) bond motifs is 1. The molecule has 0 aliphatic heterocycles. The molecule has 7 nitrogen and oxygen atoms in total. The van der Waals surface area contributed by atoms with Crippen molar-refractivity contribution in [3.8, 4) is 11.3 Å². The van der Waals surface area contributed by atoms with Crippen molar-refractivity contribution < 1.29 is 4.42 Å². The summed E-state index contributed by atoms with van der Waals surface area (Å²) in [5.41, 5.74) is 3.70. The van der Waals surface area contributed by atoms with Gasteiger partial charge in [0.2, 0.25) is 0 Å². The van der Waals surface area contributed by atoms with Gasteiger partial charge in [0.15, 0.2) is 5.65 Å². The monoisotopic (exact) mass is 308 g/mol. The van der Waals surface area contributed by atoms with Crippen molar-refractivity contribution in [2.75, 3.05) is 5.32 Å². The number of furan rings is 1. The predicted octanol–water partition coefficient (Wildman–Crippen LogP) is 2.64. The SMILES string of the molecule is Cc1c(-c2nc3cnccn3c2NCc2ccco2)cnn1C. The van der Waals surface area contributed by atoms with Gasteiger partial charge in [0.05, 0.1) is 25.2 Å². The average molecular weight is 308 g/mol. The van der Waals surface area contributed by atoms with Crippen LogP contribution in [0, 0.1) is 6.92 Å². The summed E-state index contributed by atoms with van der Waals surface area (Å²) in [6, 6.07) is 3.81. The molecule has 0 aromatic carbocycles. The van der Waals surface area contributed by atoms with Gasteiger partial charge in [-0.05, 0) is 19.1 Å². The molecular weight excluding hydrogens is 292 g/mol. The second kappa shape index (κ2) is 5.28. The number of aromatic nitrogens is 5. The number of hydrogen-bond donors (Lipinski definition) is 1. The van der Waals surface area contributed by atoms with Crippen LogP contribution in [0.25, 0.3) is 16.9 Å². The highest BCUT2D eigenvalue weighted by Crippen LogP contribution is 2.30. The van der Waals surface area contributed by atoms with E-state index >= 15 is 0 Å². The Morgan fingerprint density at radius 2 is 2.22 bits per heavy atom. The molecule has 23 heavy (non-hydrogen) atoms. The minimum absolute atomic E-state index is 0.579. The summed E-state index contributed by atoms with van der Waals surface area (Å²) in [6.07, 6.45) is 8.88. The van der Waals surface area contributed by atoms with Gasteiger partial charge in [0.25, 0.3) is 0 Å². The largest absolute Gasteiger partial charge is 0.467 e. The lowest BCUT2D eigenvalue weighted by Crippen LogP contribution is -2.03. The number of rotatable bonds is 4. The third-order valence-corrected chi connectivity index (χ3v) is 3.93. The molecule has 4 aromatic heterocycles. The van der Waals surface area contributed by atoms with Crippen LogP contribution in [0.15, 0.2) is 47.6 Å². The van der Waals surface area contributed by atoms with E-state index in [4.69, 9.17) is 9.40 Å². The molecule has 0 atom stereocenters. The Hall–Kier alpha value is -3.09. The summed E-state index contributed by atoms with van der Waals surface area (Å²) in [4.78, 5) is 8.86. The smallest absolute Gasteiger partial charge is 0.157 e. The summed E-state index contributed by atoms with van der Waals surface area (Å²) < 4.78 is 9.22. The van der Waals surface area contributed by atoms with Gasteiger partial charge in [0.1, 0.15) is 17.3 Å². The summed E-state index contributed by atoms with van der Waals surface area (Å²) in [6.45, 7) is 2.61. The first-order valence-corrected chi connectivity index (χ1v) is 7.31. The molecule has 0 aliphatic carbocycles. The Morgan fingerprint density at radius 1 is 1.30 bits per heavy atom. The van der Waals surface area contributed by atoms with Crippen LogP contribution in [0.3, 0.4) is 0 Å². The first-order chi connectivity index (χ1) is 11.2. The fraction of sp³-hybridized carbons (Fsp3) is 0.188.